The van der Waals surface area contributed by atoms with Crippen molar-refractivity contribution in [3.8, 4) is 11.5 Å². The average molecular weight is 314 g/mol. The molecule has 1 aromatic carbocycles. The monoisotopic (exact) mass is 314 g/mol. The highest BCUT2D eigenvalue weighted by molar-refractivity contribution is 5.96. The Morgan fingerprint density at radius 3 is 2.96 bits per heavy atom. The van der Waals surface area contributed by atoms with E-state index in [2.05, 4.69) is 15.4 Å². The molecule has 0 bridgehead atoms. The second kappa shape index (κ2) is 5.75. The van der Waals surface area contributed by atoms with Crippen molar-refractivity contribution in [1.29, 1.82) is 0 Å². The third-order valence-corrected chi connectivity index (χ3v) is 3.77. The topological polar surface area (TPSA) is 89.3 Å². The van der Waals surface area contributed by atoms with Gasteiger partial charge in [-0.3, -0.25) is 4.79 Å². The normalized spacial score (nSPS) is 16.7. The fraction of sp³-hybridized carbons (Fsp3) is 0.312. The van der Waals surface area contributed by atoms with Crippen LogP contribution in [0, 0.1) is 0 Å². The number of allylic oxidation sites excluding steroid dienone is 2. The summed E-state index contributed by atoms with van der Waals surface area (Å²) in [6.45, 7) is 5.65. The molecule has 2 aromatic rings. The third-order valence-electron chi connectivity index (χ3n) is 3.77. The minimum atomic E-state index is -0.411. The van der Waals surface area contributed by atoms with Crippen LogP contribution in [0.15, 0.2) is 35.8 Å². The summed E-state index contributed by atoms with van der Waals surface area (Å²) in [5.41, 5.74) is 2.15. The van der Waals surface area contributed by atoms with Gasteiger partial charge in [-0.2, -0.15) is 10.1 Å². The number of ether oxygens (including phenoxy) is 1. The van der Waals surface area contributed by atoms with Crippen molar-refractivity contribution in [2.75, 3.05) is 11.9 Å². The number of nitrogens with zero attached hydrogens (tertiary/aromatic N) is 3. The zero-order chi connectivity index (χ0) is 16.6. The first-order chi connectivity index (χ1) is 11.0. The Hall–Kier alpha value is -2.83. The van der Waals surface area contributed by atoms with Gasteiger partial charge in [0.1, 0.15) is 12.4 Å². The largest absolute Gasteiger partial charge is 0.504 e. The maximum absolute atomic E-state index is 12.2. The molecule has 1 atom stereocenters. The Balaban J connectivity index is 2.16. The molecule has 0 spiro atoms. The van der Waals surface area contributed by atoms with Gasteiger partial charge in [-0.25, -0.2) is 4.68 Å². The quantitative estimate of drug-likeness (QED) is 0.900. The number of Topliss-reactive ketones (excluding diaryl/α,β-unsaturated/α-hetero) is 1. The molecule has 2 N–H and O–H groups in total. The molecule has 1 aromatic heterocycles. The van der Waals surface area contributed by atoms with E-state index in [0.717, 1.165) is 11.3 Å². The van der Waals surface area contributed by atoms with Crippen LogP contribution >= 0.6 is 0 Å². The van der Waals surface area contributed by atoms with Gasteiger partial charge < -0.3 is 15.2 Å². The first-order valence-corrected chi connectivity index (χ1v) is 7.36. The summed E-state index contributed by atoms with van der Waals surface area (Å²) >= 11 is 0. The smallest absolute Gasteiger partial charge is 0.226 e. The van der Waals surface area contributed by atoms with Gasteiger partial charge in [-0.1, -0.05) is 6.07 Å². The number of aromatic nitrogens is 3. The first kappa shape index (κ1) is 15.1. The number of aromatic hydroxyl groups is 1. The van der Waals surface area contributed by atoms with Crippen LogP contribution < -0.4 is 10.1 Å². The molecule has 0 aliphatic carbocycles. The number of carbonyl (C=O) groups is 1. The van der Waals surface area contributed by atoms with Crippen LogP contribution in [-0.4, -0.2) is 32.3 Å². The lowest BCUT2D eigenvalue weighted by atomic mass is 9.93. The zero-order valence-corrected chi connectivity index (χ0v) is 13.2. The fourth-order valence-corrected chi connectivity index (χ4v) is 2.83. The highest BCUT2D eigenvalue weighted by Crippen LogP contribution is 2.38. The molecule has 0 radical (unpaired) electrons. The van der Waals surface area contributed by atoms with Crippen LogP contribution in [0.4, 0.5) is 5.95 Å². The van der Waals surface area contributed by atoms with E-state index in [1.165, 1.54) is 13.3 Å². The highest BCUT2D eigenvalue weighted by Gasteiger charge is 2.32. The van der Waals surface area contributed by atoms with Crippen molar-refractivity contribution in [1.82, 2.24) is 14.8 Å². The molecule has 1 aliphatic heterocycles. The number of phenolic OH excluding ortho intramolecular Hbond substituents is 1. The van der Waals surface area contributed by atoms with E-state index in [1.807, 2.05) is 13.8 Å². The number of nitrogens with one attached hydrogen (secondary N) is 1. The predicted octanol–water partition coefficient (Wildman–Crippen LogP) is 2.26. The number of ketones is 1. The summed E-state index contributed by atoms with van der Waals surface area (Å²) in [4.78, 5) is 16.3. The van der Waals surface area contributed by atoms with Crippen LogP contribution in [0.3, 0.4) is 0 Å². The standard InChI is InChI=1S/C16H18N4O3/c1-4-23-13-7-11(5-6-12(13)22)15-14(10(3)21)9(2)19-16-17-8-18-20(15)16/h5-8,15,22H,4H2,1-3H3,(H,17,18,19)/t15-/m0/s1. The summed E-state index contributed by atoms with van der Waals surface area (Å²) in [7, 11) is 0. The third kappa shape index (κ3) is 2.54. The van der Waals surface area contributed by atoms with E-state index in [9.17, 15) is 9.90 Å². The van der Waals surface area contributed by atoms with Crippen molar-refractivity contribution < 1.29 is 14.6 Å². The van der Waals surface area contributed by atoms with Crippen molar-refractivity contribution in [2.24, 2.45) is 0 Å². The van der Waals surface area contributed by atoms with Crippen molar-refractivity contribution >= 4 is 11.7 Å². The van der Waals surface area contributed by atoms with Gasteiger partial charge in [0.05, 0.1) is 6.61 Å². The zero-order valence-electron chi connectivity index (χ0n) is 13.2. The van der Waals surface area contributed by atoms with Gasteiger partial charge in [0.25, 0.3) is 0 Å². The van der Waals surface area contributed by atoms with E-state index >= 15 is 0 Å². The van der Waals surface area contributed by atoms with Crippen LogP contribution in [-0.2, 0) is 4.79 Å². The molecule has 3 rings (SSSR count). The van der Waals surface area contributed by atoms with E-state index in [-0.39, 0.29) is 11.5 Å². The van der Waals surface area contributed by atoms with Crippen molar-refractivity contribution in [3.63, 3.8) is 0 Å². The number of carbonyl (C=O) groups excluding carboxylic acids is 1. The van der Waals surface area contributed by atoms with E-state index in [1.54, 1.807) is 22.9 Å². The molecule has 120 valence electrons. The Morgan fingerprint density at radius 2 is 2.26 bits per heavy atom. The average Bonchev–Trinajstić information content (AvgIpc) is 2.96. The van der Waals surface area contributed by atoms with Gasteiger partial charge in [0.15, 0.2) is 17.3 Å². The number of hydrogen-bond acceptors (Lipinski definition) is 6. The maximum Gasteiger partial charge on any atom is 0.226 e. The summed E-state index contributed by atoms with van der Waals surface area (Å²) in [6, 6.07) is 4.64. The van der Waals surface area contributed by atoms with Crippen molar-refractivity contribution in [2.45, 2.75) is 26.8 Å². The van der Waals surface area contributed by atoms with Gasteiger partial charge in [0, 0.05) is 11.3 Å². The lowest BCUT2D eigenvalue weighted by Gasteiger charge is -2.28. The molecule has 0 unspecified atom stereocenters. The molecular weight excluding hydrogens is 296 g/mol. The second-order valence-electron chi connectivity index (χ2n) is 5.31. The van der Waals surface area contributed by atoms with Crippen LogP contribution in [0.2, 0.25) is 0 Å². The number of hydrogen-bond donors (Lipinski definition) is 2. The number of phenols is 1. The summed E-state index contributed by atoms with van der Waals surface area (Å²) in [5.74, 6) is 0.967. The summed E-state index contributed by atoms with van der Waals surface area (Å²) < 4.78 is 7.11. The van der Waals surface area contributed by atoms with Crippen LogP contribution in [0.25, 0.3) is 0 Å². The minimum Gasteiger partial charge on any atom is -0.504 e. The second-order valence-corrected chi connectivity index (χ2v) is 5.31. The minimum absolute atomic E-state index is 0.0489. The van der Waals surface area contributed by atoms with Gasteiger partial charge >= 0.3 is 0 Å². The molecule has 0 fully saturated rings. The number of anilines is 1. The molecule has 0 saturated heterocycles. The molecule has 1 aliphatic rings. The first-order valence-electron chi connectivity index (χ1n) is 7.36. The summed E-state index contributed by atoms with van der Waals surface area (Å²) in [6.07, 6.45) is 1.44. The predicted molar refractivity (Wildman–Crippen MR) is 84.4 cm³/mol. The molecular formula is C16H18N4O3. The Bertz CT molecular complexity index is 794. The summed E-state index contributed by atoms with van der Waals surface area (Å²) in [5, 5.41) is 17.2. The van der Waals surface area contributed by atoms with Gasteiger partial charge in [-0.15, -0.1) is 0 Å². The number of rotatable bonds is 4. The fourth-order valence-electron chi connectivity index (χ4n) is 2.83. The Kier molecular flexibility index (Phi) is 3.77. The van der Waals surface area contributed by atoms with Crippen molar-refractivity contribution in [3.05, 3.63) is 41.4 Å². The lowest BCUT2D eigenvalue weighted by molar-refractivity contribution is -0.114. The van der Waals surface area contributed by atoms with E-state index < -0.39 is 6.04 Å². The van der Waals surface area contributed by atoms with Crippen LogP contribution in [0.5, 0.6) is 11.5 Å². The van der Waals surface area contributed by atoms with Crippen LogP contribution in [0.1, 0.15) is 32.4 Å². The van der Waals surface area contributed by atoms with E-state index in [0.29, 0.717) is 23.9 Å². The number of benzene rings is 1. The molecule has 23 heavy (non-hydrogen) atoms. The number of fused-ring (bicyclic) bond motifs is 1. The Morgan fingerprint density at radius 1 is 1.48 bits per heavy atom. The molecule has 7 heteroatoms. The molecule has 7 nitrogen and oxygen atoms in total. The SMILES string of the molecule is CCOc1cc([C@H]2C(C(C)=O)=C(C)Nc3ncnn32)ccc1O. The maximum atomic E-state index is 12.2. The molecule has 0 amide bonds. The van der Waals surface area contributed by atoms with E-state index in [4.69, 9.17) is 4.74 Å². The Labute approximate surface area is 133 Å². The van der Waals surface area contributed by atoms with Gasteiger partial charge in [0.2, 0.25) is 5.95 Å². The highest BCUT2D eigenvalue weighted by atomic mass is 16.5. The molecule has 2 heterocycles. The molecule has 0 saturated carbocycles. The van der Waals surface area contributed by atoms with Gasteiger partial charge in [-0.05, 0) is 38.5 Å². The lowest BCUT2D eigenvalue weighted by Crippen LogP contribution is -2.27.